The molecule has 2 aromatic rings. The molecule has 0 aliphatic rings. The van der Waals surface area contributed by atoms with Crippen molar-refractivity contribution in [1.29, 1.82) is 0 Å². The van der Waals surface area contributed by atoms with E-state index in [4.69, 9.17) is 10.2 Å². The Morgan fingerprint density at radius 3 is 1.32 bits per heavy atom. The number of hydrogen-bond donors (Lipinski definition) is 3. The summed E-state index contributed by atoms with van der Waals surface area (Å²) in [4.78, 5) is 0. The SMILES string of the molecule is OCCc1ccc(Nc2ccc(CCO)cc2)cc1. The minimum atomic E-state index is 0.180. The molecule has 0 saturated carbocycles. The van der Waals surface area contributed by atoms with Crippen molar-refractivity contribution in [3.63, 3.8) is 0 Å². The van der Waals surface area contributed by atoms with Crippen LogP contribution in [0.2, 0.25) is 0 Å². The molecule has 0 radical (unpaired) electrons. The second kappa shape index (κ2) is 6.92. The molecule has 0 aromatic heterocycles. The molecule has 0 spiro atoms. The number of nitrogens with one attached hydrogen (secondary N) is 1. The maximum Gasteiger partial charge on any atom is 0.0471 e. The van der Waals surface area contributed by atoms with E-state index in [1.807, 2.05) is 48.5 Å². The molecule has 0 heterocycles. The minimum absolute atomic E-state index is 0.180. The highest BCUT2D eigenvalue weighted by Crippen LogP contribution is 2.18. The van der Waals surface area contributed by atoms with Crippen LogP contribution in [-0.4, -0.2) is 23.4 Å². The van der Waals surface area contributed by atoms with Crippen molar-refractivity contribution in [2.24, 2.45) is 0 Å². The van der Waals surface area contributed by atoms with Gasteiger partial charge in [0.1, 0.15) is 0 Å². The van der Waals surface area contributed by atoms with Crippen molar-refractivity contribution in [2.45, 2.75) is 12.8 Å². The average molecular weight is 257 g/mol. The van der Waals surface area contributed by atoms with Crippen LogP contribution in [0.1, 0.15) is 11.1 Å². The lowest BCUT2D eigenvalue weighted by atomic mass is 10.1. The van der Waals surface area contributed by atoms with E-state index >= 15 is 0 Å². The molecule has 2 rings (SSSR count). The Bertz CT molecular complexity index is 444. The Balaban J connectivity index is 1.99. The van der Waals surface area contributed by atoms with Gasteiger partial charge in [-0.05, 0) is 48.2 Å². The smallest absolute Gasteiger partial charge is 0.0471 e. The minimum Gasteiger partial charge on any atom is -0.396 e. The van der Waals surface area contributed by atoms with E-state index in [-0.39, 0.29) is 13.2 Å². The van der Waals surface area contributed by atoms with E-state index in [0.29, 0.717) is 12.8 Å². The summed E-state index contributed by atoms with van der Waals surface area (Å²) in [6.45, 7) is 0.359. The molecule has 0 amide bonds. The summed E-state index contributed by atoms with van der Waals surface area (Å²) >= 11 is 0. The molecule has 3 N–H and O–H groups in total. The second-order valence-corrected chi connectivity index (χ2v) is 4.47. The fourth-order valence-electron chi connectivity index (χ4n) is 1.93. The molecule has 2 aromatic carbocycles. The van der Waals surface area contributed by atoms with E-state index < -0.39 is 0 Å². The summed E-state index contributed by atoms with van der Waals surface area (Å²) in [7, 11) is 0. The van der Waals surface area contributed by atoms with E-state index in [9.17, 15) is 0 Å². The lowest BCUT2D eigenvalue weighted by Crippen LogP contribution is -1.94. The first-order valence-electron chi connectivity index (χ1n) is 6.48. The van der Waals surface area contributed by atoms with Gasteiger partial charge in [-0.15, -0.1) is 0 Å². The van der Waals surface area contributed by atoms with Crippen molar-refractivity contribution in [3.8, 4) is 0 Å². The first kappa shape index (κ1) is 13.6. The summed E-state index contributed by atoms with van der Waals surface area (Å²) in [6.07, 6.45) is 1.38. The summed E-state index contributed by atoms with van der Waals surface area (Å²) in [5.41, 5.74) is 4.31. The summed E-state index contributed by atoms with van der Waals surface area (Å²) in [5, 5.41) is 21.0. The molecular formula is C16H19NO2. The van der Waals surface area contributed by atoms with Crippen molar-refractivity contribution in [1.82, 2.24) is 0 Å². The molecule has 0 bridgehead atoms. The van der Waals surface area contributed by atoms with Crippen molar-refractivity contribution in [2.75, 3.05) is 18.5 Å². The first-order valence-corrected chi connectivity index (χ1v) is 6.48. The molecule has 100 valence electrons. The Labute approximate surface area is 113 Å². The molecule has 19 heavy (non-hydrogen) atoms. The summed E-state index contributed by atoms with van der Waals surface area (Å²) in [6, 6.07) is 16.1. The lowest BCUT2D eigenvalue weighted by Gasteiger charge is -2.08. The van der Waals surface area contributed by atoms with Gasteiger partial charge in [-0.2, -0.15) is 0 Å². The molecule has 3 heteroatoms. The largest absolute Gasteiger partial charge is 0.396 e. The van der Waals surface area contributed by atoms with Crippen LogP contribution in [0.15, 0.2) is 48.5 Å². The number of rotatable bonds is 6. The van der Waals surface area contributed by atoms with Crippen LogP contribution in [0, 0.1) is 0 Å². The Morgan fingerprint density at radius 2 is 1.00 bits per heavy atom. The highest BCUT2D eigenvalue weighted by molar-refractivity contribution is 5.60. The fraction of sp³-hybridized carbons (Fsp3) is 0.250. The zero-order chi connectivity index (χ0) is 13.5. The van der Waals surface area contributed by atoms with Crippen LogP contribution in [-0.2, 0) is 12.8 Å². The van der Waals surface area contributed by atoms with Gasteiger partial charge < -0.3 is 15.5 Å². The van der Waals surface area contributed by atoms with Crippen LogP contribution in [0.4, 0.5) is 11.4 Å². The predicted octanol–water partition coefficient (Wildman–Crippen LogP) is 2.50. The molecule has 0 saturated heterocycles. The highest BCUT2D eigenvalue weighted by atomic mass is 16.3. The van der Waals surface area contributed by atoms with Gasteiger partial charge in [-0.25, -0.2) is 0 Å². The van der Waals surface area contributed by atoms with E-state index in [1.165, 1.54) is 0 Å². The maximum atomic E-state index is 8.86. The predicted molar refractivity (Wildman–Crippen MR) is 77.7 cm³/mol. The lowest BCUT2D eigenvalue weighted by molar-refractivity contribution is 0.299. The van der Waals surface area contributed by atoms with E-state index in [1.54, 1.807) is 0 Å². The number of benzene rings is 2. The second-order valence-electron chi connectivity index (χ2n) is 4.47. The van der Waals surface area contributed by atoms with Crippen LogP contribution < -0.4 is 5.32 Å². The summed E-state index contributed by atoms with van der Waals surface area (Å²) in [5.74, 6) is 0. The van der Waals surface area contributed by atoms with Gasteiger partial charge in [-0.1, -0.05) is 24.3 Å². The molecule has 3 nitrogen and oxygen atoms in total. The van der Waals surface area contributed by atoms with Crippen LogP contribution in [0.3, 0.4) is 0 Å². The molecule has 0 atom stereocenters. The van der Waals surface area contributed by atoms with E-state index in [2.05, 4.69) is 5.32 Å². The van der Waals surface area contributed by atoms with Gasteiger partial charge in [0.05, 0.1) is 0 Å². The average Bonchev–Trinajstić information content (AvgIpc) is 2.44. The molecule has 0 unspecified atom stereocenters. The van der Waals surface area contributed by atoms with Crippen molar-refractivity contribution < 1.29 is 10.2 Å². The van der Waals surface area contributed by atoms with Gasteiger partial charge in [0.2, 0.25) is 0 Å². The third-order valence-electron chi connectivity index (χ3n) is 3.00. The van der Waals surface area contributed by atoms with Crippen molar-refractivity contribution in [3.05, 3.63) is 59.7 Å². The van der Waals surface area contributed by atoms with Gasteiger partial charge >= 0.3 is 0 Å². The molecule has 0 fully saturated rings. The van der Waals surface area contributed by atoms with Gasteiger partial charge in [-0.3, -0.25) is 0 Å². The topological polar surface area (TPSA) is 52.5 Å². The van der Waals surface area contributed by atoms with Gasteiger partial charge in [0.15, 0.2) is 0 Å². The van der Waals surface area contributed by atoms with Crippen LogP contribution in [0.25, 0.3) is 0 Å². The third-order valence-corrected chi connectivity index (χ3v) is 3.00. The van der Waals surface area contributed by atoms with E-state index in [0.717, 1.165) is 22.5 Å². The summed E-state index contributed by atoms with van der Waals surface area (Å²) < 4.78 is 0. The van der Waals surface area contributed by atoms with Crippen LogP contribution >= 0.6 is 0 Å². The zero-order valence-electron chi connectivity index (χ0n) is 10.8. The number of aliphatic hydroxyl groups is 2. The number of aliphatic hydroxyl groups excluding tert-OH is 2. The number of anilines is 2. The fourth-order valence-corrected chi connectivity index (χ4v) is 1.93. The monoisotopic (exact) mass is 257 g/mol. The number of hydrogen-bond acceptors (Lipinski definition) is 3. The zero-order valence-corrected chi connectivity index (χ0v) is 10.8. The normalized spacial score (nSPS) is 10.4. The standard InChI is InChI=1S/C16H19NO2/c18-11-9-13-1-5-15(6-2-13)17-16-7-3-14(4-8-16)10-12-19/h1-8,17-19H,9-12H2. The third kappa shape index (κ3) is 4.09. The maximum absolute atomic E-state index is 8.86. The Morgan fingerprint density at radius 1 is 0.632 bits per heavy atom. The van der Waals surface area contributed by atoms with Gasteiger partial charge in [0, 0.05) is 24.6 Å². The Kier molecular flexibility index (Phi) is 4.95. The molecule has 0 aliphatic carbocycles. The molecular weight excluding hydrogens is 238 g/mol. The van der Waals surface area contributed by atoms with Crippen LogP contribution in [0.5, 0.6) is 0 Å². The Hall–Kier alpha value is -1.84. The highest BCUT2D eigenvalue weighted by Gasteiger charge is 1.97. The first-order chi connectivity index (χ1) is 9.31. The molecule has 0 aliphatic heterocycles. The van der Waals surface area contributed by atoms with Crippen molar-refractivity contribution >= 4 is 11.4 Å². The van der Waals surface area contributed by atoms with Gasteiger partial charge in [0.25, 0.3) is 0 Å². The quantitative estimate of drug-likeness (QED) is 0.745.